The first-order chi connectivity index (χ1) is 14.0. The fourth-order valence-electron chi connectivity index (χ4n) is 6.38. The molecule has 5 atom stereocenters. The molecule has 2 aromatic rings. The van der Waals surface area contributed by atoms with E-state index in [1.165, 1.54) is 11.8 Å². The van der Waals surface area contributed by atoms with E-state index in [1.807, 2.05) is 23.1 Å². The Morgan fingerprint density at radius 3 is 2.52 bits per heavy atom. The number of carbonyl (C=O) groups excluding carboxylic acids is 2. The highest BCUT2D eigenvalue weighted by atomic mass is 16.5. The topological polar surface area (TPSA) is 66.7 Å². The van der Waals surface area contributed by atoms with Gasteiger partial charge in [-0.05, 0) is 37.7 Å². The predicted molar refractivity (Wildman–Crippen MR) is 107 cm³/mol. The van der Waals surface area contributed by atoms with E-state index in [1.54, 1.807) is 13.0 Å². The minimum Gasteiger partial charge on any atom is -0.351 e. The van der Waals surface area contributed by atoms with Crippen LogP contribution < -0.4 is 0 Å². The molecule has 0 unspecified atom stereocenters. The molecule has 2 aliphatic heterocycles. The van der Waals surface area contributed by atoms with Crippen molar-refractivity contribution in [3.63, 3.8) is 0 Å². The van der Waals surface area contributed by atoms with E-state index in [4.69, 9.17) is 4.52 Å². The highest BCUT2D eigenvalue weighted by Gasteiger charge is 2.64. The summed E-state index contributed by atoms with van der Waals surface area (Å²) >= 11 is 0. The average molecular weight is 393 g/mol. The van der Waals surface area contributed by atoms with Crippen molar-refractivity contribution in [3.05, 3.63) is 53.9 Å². The third-order valence-electron chi connectivity index (χ3n) is 7.49. The number of fused-ring (bicyclic) bond motifs is 1. The summed E-state index contributed by atoms with van der Waals surface area (Å²) in [7, 11) is 0. The monoisotopic (exact) mass is 393 g/mol. The minimum absolute atomic E-state index is 0.0129. The fraction of sp³-hybridized carbons (Fsp3) is 0.522. The number of rotatable bonds is 3. The summed E-state index contributed by atoms with van der Waals surface area (Å²) in [5.41, 5.74) is 1.12. The molecule has 1 saturated carbocycles. The van der Waals surface area contributed by atoms with Gasteiger partial charge in [0.2, 0.25) is 11.7 Å². The maximum absolute atomic E-state index is 13.5. The van der Waals surface area contributed by atoms with E-state index in [0.717, 1.165) is 32.1 Å². The van der Waals surface area contributed by atoms with Crippen molar-refractivity contribution >= 4 is 11.8 Å². The molecule has 1 aliphatic carbocycles. The Morgan fingerprint density at radius 2 is 1.86 bits per heavy atom. The zero-order valence-electron chi connectivity index (χ0n) is 17.0. The molecule has 0 radical (unpaired) electrons. The molecule has 5 rings (SSSR count). The van der Waals surface area contributed by atoms with Crippen LogP contribution in [0, 0.1) is 5.41 Å². The van der Waals surface area contributed by atoms with Crippen LogP contribution in [-0.2, 0) is 11.2 Å². The van der Waals surface area contributed by atoms with Gasteiger partial charge in [-0.2, -0.15) is 0 Å². The summed E-state index contributed by atoms with van der Waals surface area (Å²) < 4.78 is 5.23. The fourth-order valence-corrected chi connectivity index (χ4v) is 6.38. The number of benzene rings is 1. The largest absolute Gasteiger partial charge is 0.351 e. The van der Waals surface area contributed by atoms with Gasteiger partial charge in [-0.15, -0.1) is 0 Å². The van der Waals surface area contributed by atoms with Crippen LogP contribution in [-0.4, -0.2) is 50.9 Å². The van der Waals surface area contributed by atoms with Gasteiger partial charge in [0.05, 0.1) is 18.3 Å². The molecule has 29 heavy (non-hydrogen) atoms. The lowest BCUT2D eigenvalue weighted by atomic mass is 9.64. The number of amides is 2. The van der Waals surface area contributed by atoms with Crippen LogP contribution in [0.5, 0.6) is 0 Å². The molecule has 3 fully saturated rings. The van der Waals surface area contributed by atoms with Crippen LogP contribution in [0.3, 0.4) is 0 Å². The van der Waals surface area contributed by atoms with Crippen LogP contribution >= 0.6 is 0 Å². The molecule has 2 bridgehead atoms. The van der Waals surface area contributed by atoms with E-state index in [9.17, 15) is 9.59 Å². The zero-order chi connectivity index (χ0) is 20.2. The quantitative estimate of drug-likeness (QED) is 0.803. The Balaban J connectivity index is 1.59. The summed E-state index contributed by atoms with van der Waals surface area (Å²) in [6, 6.07) is 12.2. The predicted octanol–water partition coefficient (Wildman–Crippen LogP) is 3.29. The summed E-state index contributed by atoms with van der Waals surface area (Å²) in [4.78, 5) is 30.5. The van der Waals surface area contributed by atoms with Gasteiger partial charge in [0.1, 0.15) is 0 Å². The van der Waals surface area contributed by atoms with Crippen LogP contribution in [0.1, 0.15) is 55.6 Å². The molecule has 1 aromatic carbocycles. The maximum atomic E-state index is 13.5. The van der Waals surface area contributed by atoms with Crippen molar-refractivity contribution in [1.29, 1.82) is 0 Å². The van der Waals surface area contributed by atoms with Crippen molar-refractivity contribution in [1.82, 2.24) is 15.0 Å². The molecule has 6 heteroatoms. The molecule has 152 valence electrons. The van der Waals surface area contributed by atoms with Crippen molar-refractivity contribution in [3.8, 4) is 0 Å². The van der Waals surface area contributed by atoms with Crippen molar-refractivity contribution < 1.29 is 14.1 Å². The Morgan fingerprint density at radius 1 is 1.14 bits per heavy atom. The Bertz CT molecular complexity index is 913. The highest BCUT2D eigenvalue weighted by molar-refractivity contribution is 5.92. The molecule has 0 spiro atoms. The first-order valence-electron chi connectivity index (χ1n) is 10.6. The van der Waals surface area contributed by atoms with Gasteiger partial charge in [0.25, 0.3) is 5.91 Å². The van der Waals surface area contributed by atoms with Gasteiger partial charge in [0, 0.05) is 30.5 Å². The lowest BCUT2D eigenvalue weighted by Gasteiger charge is -2.52. The molecule has 3 aliphatic rings. The second-order valence-electron chi connectivity index (χ2n) is 9.01. The number of hydrogen-bond donors (Lipinski definition) is 0. The van der Waals surface area contributed by atoms with E-state index in [2.05, 4.69) is 29.1 Å². The number of piperidine rings is 1. The van der Waals surface area contributed by atoms with Crippen LogP contribution in [0.25, 0.3) is 0 Å². The van der Waals surface area contributed by atoms with E-state index >= 15 is 0 Å². The van der Waals surface area contributed by atoms with Gasteiger partial charge < -0.3 is 14.3 Å². The smallest absolute Gasteiger partial charge is 0.293 e. The molecule has 0 N–H and O–H groups in total. The van der Waals surface area contributed by atoms with Crippen molar-refractivity contribution in [2.24, 2.45) is 5.41 Å². The number of carbonyl (C=O) groups is 2. The minimum atomic E-state index is -0.0923. The van der Waals surface area contributed by atoms with Gasteiger partial charge >= 0.3 is 0 Å². The first-order valence-corrected chi connectivity index (χ1v) is 10.6. The Hall–Kier alpha value is -2.63. The Kier molecular flexibility index (Phi) is 4.26. The molecule has 1 aromatic heterocycles. The average Bonchev–Trinajstić information content (AvgIpc) is 3.33. The second-order valence-corrected chi connectivity index (χ2v) is 9.01. The van der Waals surface area contributed by atoms with E-state index in [0.29, 0.717) is 0 Å². The molecule has 2 amide bonds. The van der Waals surface area contributed by atoms with Gasteiger partial charge in [0.15, 0.2) is 0 Å². The second kappa shape index (κ2) is 6.71. The van der Waals surface area contributed by atoms with E-state index in [-0.39, 0.29) is 47.2 Å². The Labute approximate surface area is 170 Å². The summed E-state index contributed by atoms with van der Waals surface area (Å²) in [5.74, 6) is 0.308. The molecule has 2 saturated heterocycles. The zero-order valence-corrected chi connectivity index (χ0v) is 17.0. The third-order valence-corrected chi connectivity index (χ3v) is 7.49. The lowest BCUT2D eigenvalue weighted by Crippen LogP contribution is -2.62. The molecule has 3 heterocycles. The molecular formula is C23H27N3O3. The molecule has 6 nitrogen and oxygen atoms in total. The standard InChI is InChI=1S/C23H27N3O3/c1-15(27)25-17(13-16-7-4-3-5-8-16)18-14-23(2)20(25)9-6-10-21(23)26(18)22(28)19-11-12-24-29-19/h3-5,7-8,11-12,17-18,20-21H,6,9-10,13-14H2,1-2H3/t17-,18-,20+,21-,23+/m0/s1. The summed E-state index contributed by atoms with van der Waals surface area (Å²) in [5, 5.41) is 3.74. The van der Waals surface area contributed by atoms with Crippen LogP contribution in [0.4, 0.5) is 0 Å². The maximum Gasteiger partial charge on any atom is 0.293 e. The lowest BCUT2D eigenvalue weighted by molar-refractivity contribution is -0.142. The summed E-state index contributed by atoms with van der Waals surface area (Å²) in [6.45, 7) is 3.95. The molecular weight excluding hydrogens is 366 g/mol. The van der Waals surface area contributed by atoms with Crippen molar-refractivity contribution in [2.45, 2.75) is 70.1 Å². The number of aromatic nitrogens is 1. The highest BCUT2D eigenvalue weighted by Crippen LogP contribution is 2.56. The van der Waals surface area contributed by atoms with E-state index < -0.39 is 0 Å². The third kappa shape index (κ3) is 2.72. The normalized spacial score (nSPS) is 33.0. The number of hydrogen-bond acceptors (Lipinski definition) is 4. The first kappa shape index (κ1) is 18.4. The van der Waals surface area contributed by atoms with Gasteiger partial charge in [-0.1, -0.05) is 42.4 Å². The van der Waals surface area contributed by atoms with Crippen molar-refractivity contribution in [2.75, 3.05) is 0 Å². The van der Waals surface area contributed by atoms with Gasteiger partial charge in [-0.3, -0.25) is 9.59 Å². The van der Waals surface area contributed by atoms with Crippen LogP contribution in [0.2, 0.25) is 0 Å². The van der Waals surface area contributed by atoms with Crippen LogP contribution in [0.15, 0.2) is 47.1 Å². The number of nitrogens with zero attached hydrogens (tertiary/aromatic N) is 3. The SMILES string of the molecule is CC(=O)N1[C@@H](Cc2ccccc2)[C@@H]2C[C@@]3(C)[C@H](CCC[C@@H]13)N2C(=O)c1ccno1. The van der Waals surface area contributed by atoms with Gasteiger partial charge in [-0.25, -0.2) is 0 Å². The number of likely N-dealkylation sites (tertiary alicyclic amines) is 2. The summed E-state index contributed by atoms with van der Waals surface area (Å²) in [6.07, 6.45) is 6.22.